The predicted octanol–water partition coefficient (Wildman–Crippen LogP) is 6.40. The summed E-state index contributed by atoms with van der Waals surface area (Å²) in [6.07, 6.45) is -8.64. The Hall–Kier alpha value is -4.23. The molecule has 1 aliphatic rings. The van der Waals surface area contributed by atoms with E-state index >= 15 is 0 Å². The summed E-state index contributed by atoms with van der Waals surface area (Å²) in [5, 5.41) is 9.23. The van der Waals surface area contributed by atoms with Gasteiger partial charge in [-0.25, -0.2) is 13.8 Å². The molecule has 192 valence electrons. The molecule has 37 heavy (non-hydrogen) atoms. The van der Waals surface area contributed by atoms with E-state index < -0.39 is 40.7 Å². The zero-order valence-electron chi connectivity index (χ0n) is 18.3. The van der Waals surface area contributed by atoms with Gasteiger partial charge in [0.15, 0.2) is 17.4 Å². The first-order chi connectivity index (χ1) is 17.4. The monoisotopic (exact) mass is 527 g/mol. The van der Waals surface area contributed by atoms with Gasteiger partial charge >= 0.3 is 12.4 Å². The molecule has 0 spiro atoms. The lowest BCUT2D eigenvalue weighted by Crippen LogP contribution is -2.21. The van der Waals surface area contributed by atoms with E-state index in [-0.39, 0.29) is 42.0 Å². The molecule has 1 aliphatic heterocycles. The van der Waals surface area contributed by atoms with E-state index in [1.54, 1.807) is 0 Å². The predicted molar refractivity (Wildman–Crippen MR) is 113 cm³/mol. The molecule has 0 radical (unpaired) electrons. The van der Waals surface area contributed by atoms with Crippen LogP contribution in [0.3, 0.4) is 0 Å². The van der Waals surface area contributed by atoms with E-state index in [1.807, 2.05) is 0 Å². The number of aromatic nitrogens is 3. The van der Waals surface area contributed by atoms with Gasteiger partial charge in [-0.1, -0.05) is 11.2 Å². The van der Waals surface area contributed by atoms with E-state index in [1.165, 1.54) is 29.4 Å². The van der Waals surface area contributed by atoms with Crippen molar-refractivity contribution in [2.45, 2.75) is 25.4 Å². The number of aromatic amines is 1. The summed E-state index contributed by atoms with van der Waals surface area (Å²) >= 11 is 0. The standard InChI is InChI=1S/C23H13F8N5O/c24-16-3-1-2-15(20(16)25)21-33-18-8-32-36(10-19(18)34-21)9-14-7-17(35-37-14)11-4-12(22(26,27)28)6-13(5-11)23(29,30)31/h1-8H,9-10H2,(H,33,34). The van der Waals surface area contributed by atoms with Gasteiger partial charge in [0.2, 0.25) is 0 Å². The third kappa shape index (κ3) is 4.90. The van der Waals surface area contributed by atoms with Crippen molar-refractivity contribution in [3.05, 3.63) is 82.4 Å². The largest absolute Gasteiger partial charge is 0.416 e. The lowest BCUT2D eigenvalue weighted by atomic mass is 10.0. The molecule has 0 saturated carbocycles. The fraction of sp³-hybridized carbons (Fsp3) is 0.174. The number of H-pyrrole nitrogens is 1. The van der Waals surface area contributed by atoms with Crippen molar-refractivity contribution in [3.8, 4) is 22.6 Å². The lowest BCUT2D eigenvalue weighted by molar-refractivity contribution is -0.143. The Morgan fingerprint density at radius 1 is 0.946 bits per heavy atom. The van der Waals surface area contributed by atoms with E-state index in [4.69, 9.17) is 4.52 Å². The molecule has 0 bridgehead atoms. The molecule has 5 rings (SSSR count). The van der Waals surface area contributed by atoms with Gasteiger partial charge < -0.3 is 9.51 Å². The van der Waals surface area contributed by atoms with Crippen LogP contribution in [0.1, 0.15) is 28.3 Å². The SMILES string of the molecule is Fc1cccc(-c2nc3c([nH]2)CN(Cc2cc(-c4cc(C(F)(F)F)cc(C(F)(F)F)c4)no2)N=C3)c1F. The average Bonchev–Trinajstić information content (AvgIpc) is 3.46. The van der Waals surface area contributed by atoms with Crippen LogP contribution in [0.15, 0.2) is 52.1 Å². The van der Waals surface area contributed by atoms with Crippen molar-refractivity contribution in [2.24, 2.45) is 5.10 Å². The number of hydrazone groups is 1. The topological polar surface area (TPSA) is 70.3 Å². The molecule has 0 unspecified atom stereocenters. The Bertz CT molecular complexity index is 1470. The van der Waals surface area contributed by atoms with Gasteiger partial charge in [0.05, 0.1) is 41.7 Å². The van der Waals surface area contributed by atoms with Crippen LogP contribution >= 0.6 is 0 Å². The maximum absolute atomic E-state index is 14.1. The highest BCUT2D eigenvalue weighted by Gasteiger charge is 2.37. The summed E-state index contributed by atoms with van der Waals surface area (Å²) in [5.41, 5.74) is -2.76. The van der Waals surface area contributed by atoms with Crippen molar-refractivity contribution >= 4 is 6.21 Å². The number of hydrogen-bond acceptors (Lipinski definition) is 5. The summed E-state index contributed by atoms with van der Waals surface area (Å²) in [6.45, 7) is 0.0737. The van der Waals surface area contributed by atoms with E-state index in [2.05, 4.69) is 20.2 Å². The second-order valence-corrected chi connectivity index (χ2v) is 8.09. The Morgan fingerprint density at radius 3 is 2.32 bits per heavy atom. The molecule has 4 aromatic rings. The van der Waals surface area contributed by atoms with Gasteiger partial charge in [0.25, 0.3) is 0 Å². The summed E-state index contributed by atoms with van der Waals surface area (Å²) in [5.74, 6) is -1.91. The highest BCUT2D eigenvalue weighted by Crippen LogP contribution is 2.38. The summed E-state index contributed by atoms with van der Waals surface area (Å²) < 4.78 is 112. The van der Waals surface area contributed by atoms with Crippen LogP contribution in [0.5, 0.6) is 0 Å². The Labute approximate surface area is 202 Å². The quantitative estimate of drug-likeness (QED) is 0.312. The van der Waals surface area contributed by atoms with Crippen molar-refractivity contribution < 1.29 is 39.6 Å². The van der Waals surface area contributed by atoms with Crippen LogP contribution in [0.25, 0.3) is 22.6 Å². The smallest absolute Gasteiger partial charge is 0.359 e. The average molecular weight is 527 g/mol. The van der Waals surface area contributed by atoms with Crippen LogP contribution in [-0.2, 0) is 25.4 Å². The number of imidazole rings is 1. The van der Waals surface area contributed by atoms with Gasteiger partial charge in [-0.15, -0.1) is 0 Å². The highest BCUT2D eigenvalue weighted by atomic mass is 19.4. The fourth-order valence-corrected chi connectivity index (χ4v) is 3.73. The molecule has 2 aromatic heterocycles. The molecule has 14 heteroatoms. The Balaban J connectivity index is 1.36. The maximum Gasteiger partial charge on any atom is 0.416 e. The van der Waals surface area contributed by atoms with Gasteiger partial charge in [-0.3, -0.25) is 5.01 Å². The first kappa shape index (κ1) is 24.5. The van der Waals surface area contributed by atoms with Crippen LogP contribution in [0.4, 0.5) is 35.1 Å². The Kier molecular flexibility index (Phi) is 5.76. The number of fused-ring (bicyclic) bond motifs is 1. The number of nitrogens with one attached hydrogen (secondary N) is 1. The minimum absolute atomic E-state index is 0.0267. The summed E-state index contributed by atoms with van der Waals surface area (Å²) in [7, 11) is 0. The van der Waals surface area contributed by atoms with Crippen molar-refractivity contribution in [1.29, 1.82) is 0 Å². The first-order valence-corrected chi connectivity index (χ1v) is 10.5. The van der Waals surface area contributed by atoms with E-state index in [0.717, 1.165) is 6.07 Å². The molecule has 0 atom stereocenters. The van der Waals surface area contributed by atoms with Gasteiger partial charge in [-0.05, 0) is 30.3 Å². The van der Waals surface area contributed by atoms with Crippen LogP contribution in [0.2, 0.25) is 0 Å². The molecular weight excluding hydrogens is 514 g/mol. The molecule has 0 saturated heterocycles. The molecular formula is C23H13F8N5O. The normalized spacial score (nSPS) is 13.8. The molecule has 0 aliphatic carbocycles. The number of halogens is 8. The minimum atomic E-state index is -5.00. The van der Waals surface area contributed by atoms with E-state index in [9.17, 15) is 35.1 Å². The molecule has 1 N–H and O–H groups in total. The zero-order valence-corrected chi connectivity index (χ0v) is 18.3. The molecule has 0 fully saturated rings. The number of alkyl halides is 6. The zero-order chi connectivity index (χ0) is 26.5. The van der Waals surface area contributed by atoms with Crippen molar-refractivity contribution in [3.63, 3.8) is 0 Å². The van der Waals surface area contributed by atoms with Crippen molar-refractivity contribution in [2.75, 3.05) is 0 Å². The molecule has 2 aromatic carbocycles. The Morgan fingerprint density at radius 2 is 1.65 bits per heavy atom. The maximum atomic E-state index is 14.1. The summed E-state index contributed by atoms with van der Waals surface area (Å²) in [4.78, 5) is 7.10. The number of benzene rings is 2. The first-order valence-electron chi connectivity index (χ1n) is 10.5. The third-order valence-electron chi connectivity index (χ3n) is 5.48. The number of nitrogens with zero attached hydrogens (tertiary/aromatic N) is 4. The molecule has 3 heterocycles. The van der Waals surface area contributed by atoms with Gasteiger partial charge in [0, 0.05) is 11.6 Å². The van der Waals surface area contributed by atoms with Crippen LogP contribution in [-0.4, -0.2) is 26.3 Å². The fourth-order valence-electron chi connectivity index (χ4n) is 3.73. The number of hydrogen-bond donors (Lipinski definition) is 1. The molecule has 6 nitrogen and oxygen atoms in total. The highest BCUT2D eigenvalue weighted by molar-refractivity contribution is 5.80. The van der Waals surface area contributed by atoms with Gasteiger partial charge in [0.1, 0.15) is 17.2 Å². The molecule has 0 amide bonds. The van der Waals surface area contributed by atoms with Crippen LogP contribution < -0.4 is 0 Å². The second kappa shape index (κ2) is 8.71. The number of rotatable bonds is 4. The second-order valence-electron chi connectivity index (χ2n) is 8.09. The lowest BCUT2D eigenvalue weighted by Gasteiger charge is -2.19. The van der Waals surface area contributed by atoms with E-state index in [0.29, 0.717) is 23.5 Å². The third-order valence-corrected chi connectivity index (χ3v) is 5.48. The van der Waals surface area contributed by atoms with Crippen molar-refractivity contribution in [1.82, 2.24) is 20.1 Å². The summed E-state index contributed by atoms with van der Waals surface area (Å²) in [6, 6.07) is 6.00. The van der Waals surface area contributed by atoms with Crippen LogP contribution in [0, 0.1) is 11.6 Å². The minimum Gasteiger partial charge on any atom is -0.359 e. The van der Waals surface area contributed by atoms with Gasteiger partial charge in [-0.2, -0.15) is 31.4 Å².